The van der Waals surface area contributed by atoms with Crippen LogP contribution in [0.4, 0.5) is 0 Å². The van der Waals surface area contributed by atoms with Crippen molar-refractivity contribution >= 4 is 28.9 Å². The van der Waals surface area contributed by atoms with Gasteiger partial charge in [-0.3, -0.25) is 4.79 Å². The number of aryl methyl sites for hydroxylation is 1. The highest BCUT2D eigenvalue weighted by Gasteiger charge is 2.25. The summed E-state index contributed by atoms with van der Waals surface area (Å²) in [6.07, 6.45) is 4.09. The lowest BCUT2D eigenvalue weighted by Crippen LogP contribution is -2.32. The number of fused-ring (bicyclic) bond motifs is 3. The number of aliphatic hydroxyl groups is 2. The van der Waals surface area contributed by atoms with E-state index in [-0.39, 0.29) is 24.2 Å². The summed E-state index contributed by atoms with van der Waals surface area (Å²) in [7, 11) is 0. The number of ether oxygens (including phenoxy) is 1. The smallest absolute Gasteiger partial charge is 0.342 e. The number of cyclic esters (lactones) is 1. The highest BCUT2D eigenvalue weighted by Crippen LogP contribution is 2.32. The minimum Gasteiger partial charge on any atom is -0.507 e. The molecule has 154 valence electrons. The van der Waals surface area contributed by atoms with E-state index in [9.17, 15) is 24.9 Å². The number of carbonyl (C=O) groups is 2. The molecule has 1 aliphatic rings. The van der Waals surface area contributed by atoms with Gasteiger partial charge in [0.25, 0.3) is 0 Å². The third-order valence-electron chi connectivity index (χ3n) is 4.85. The minimum absolute atomic E-state index is 0.0193. The largest absolute Gasteiger partial charge is 0.507 e. The zero-order valence-corrected chi connectivity index (χ0v) is 16.3. The lowest BCUT2D eigenvalue weighted by Gasteiger charge is -2.16. The second-order valence-corrected chi connectivity index (χ2v) is 6.99. The van der Waals surface area contributed by atoms with Crippen molar-refractivity contribution in [2.45, 2.75) is 51.5 Å². The molecule has 0 aliphatic carbocycles. The SMILES string of the molecule is CCn1cnc2c3c(c(O)cc21)C(=O)O[C@@H](C)C/C=C\C(=O)[C@@H](O)[C@@H](O)C/C=C/3. The lowest BCUT2D eigenvalue weighted by molar-refractivity contribution is -0.127. The maximum absolute atomic E-state index is 12.8. The van der Waals surface area contributed by atoms with E-state index in [2.05, 4.69) is 4.98 Å². The van der Waals surface area contributed by atoms with Gasteiger partial charge in [0.15, 0.2) is 5.78 Å². The van der Waals surface area contributed by atoms with E-state index in [0.29, 0.717) is 23.1 Å². The molecular formula is C21H24N2O6. The van der Waals surface area contributed by atoms with Crippen LogP contribution in [0.15, 0.2) is 30.6 Å². The number of esters is 1. The normalized spacial score (nSPS) is 25.9. The zero-order chi connectivity index (χ0) is 21.1. The number of aromatic nitrogens is 2. The van der Waals surface area contributed by atoms with E-state index in [4.69, 9.17) is 4.74 Å². The van der Waals surface area contributed by atoms with Crippen LogP contribution in [0.5, 0.6) is 5.75 Å². The maximum atomic E-state index is 12.8. The van der Waals surface area contributed by atoms with E-state index in [1.54, 1.807) is 19.3 Å². The first-order valence-corrected chi connectivity index (χ1v) is 9.48. The van der Waals surface area contributed by atoms with Crippen LogP contribution in [-0.2, 0) is 16.1 Å². The molecule has 0 saturated heterocycles. The van der Waals surface area contributed by atoms with Gasteiger partial charge in [0.1, 0.15) is 23.5 Å². The fourth-order valence-corrected chi connectivity index (χ4v) is 3.25. The number of phenolic OH excluding ortho intramolecular Hbond substituents is 1. The zero-order valence-electron chi connectivity index (χ0n) is 16.3. The molecule has 0 spiro atoms. The molecule has 29 heavy (non-hydrogen) atoms. The first-order chi connectivity index (χ1) is 13.8. The highest BCUT2D eigenvalue weighted by molar-refractivity contribution is 6.03. The van der Waals surface area contributed by atoms with E-state index < -0.39 is 30.1 Å². The number of hydrogen-bond acceptors (Lipinski definition) is 7. The summed E-state index contributed by atoms with van der Waals surface area (Å²) >= 11 is 0. The minimum atomic E-state index is -1.56. The molecule has 8 nitrogen and oxygen atoms in total. The van der Waals surface area contributed by atoms with Gasteiger partial charge in [0.05, 0.1) is 23.5 Å². The number of nitrogens with zero attached hydrogens (tertiary/aromatic N) is 2. The number of imidazole rings is 1. The van der Waals surface area contributed by atoms with Crippen molar-refractivity contribution in [3.8, 4) is 5.75 Å². The van der Waals surface area contributed by atoms with E-state index in [1.807, 2.05) is 11.5 Å². The topological polar surface area (TPSA) is 122 Å². The Labute approximate surface area is 167 Å². The number of rotatable bonds is 1. The van der Waals surface area contributed by atoms with Crippen LogP contribution < -0.4 is 0 Å². The van der Waals surface area contributed by atoms with Crippen LogP contribution in [0, 0.1) is 0 Å². The molecule has 1 aromatic carbocycles. The molecular weight excluding hydrogens is 376 g/mol. The molecule has 2 aromatic rings. The van der Waals surface area contributed by atoms with Crippen molar-refractivity contribution < 1.29 is 29.6 Å². The van der Waals surface area contributed by atoms with Gasteiger partial charge >= 0.3 is 5.97 Å². The summed E-state index contributed by atoms with van der Waals surface area (Å²) in [4.78, 5) is 29.1. The molecule has 0 radical (unpaired) electrons. The summed E-state index contributed by atoms with van der Waals surface area (Å²) in [6, 6.07) is 1.48. The molecule has 1 aliphatic heterocycles. The summed E-state index contributed by atoms with van der Waals surface area (Å²) in [6.45, 7) is 4.21. The number of aliphatic hydroxyl groups excluding tert-OH is 2. The second-order valence-electron chi connectivity index (χ2n) is 6.99. The third-order valence-corrected chi connectivity index (χ3v) is 4.85. The van der Waals surface area contributed by atoms with Crippen molar-refractivity contribution in [2.24, 2.45) is 0 Å². The molecule has 0 unspecified atom stereocenters. The van der Waals surface area contributed by atoms with Crippen molar-refractivity contribution in [1.29, 1.82) is 0 Å². The highest BCUT2D eigenvalue weighted by atomic mass is 16.5. The average Bonchev–Trinajstić information content (AvgIpc) is 3.08. The number of aromatic hydroxyl groups is 1. The molecule has 8 heteroatoms. The Kier molecular flexibility index (Phi) is 6.14. The predicted octanol–water partition coefficient (Wildman–Crippen LogP) is 1.96. The lowest BCUT2D eigenvalue weighted by atomic mass is 10.0. The predicted molar refractivity (Wildman–Crippen MR) is 106 cm³/mol. The Hall–Kier alpha value is -2.97. The van der Waals surface area contributed by atoms with Gasteiger partial charge in [-0.15, -0.1) is 0 Å². The Morgan fingerprint density at radius 1 is 1.21 bits per heavy atom. The number of phenols is 1. The van der Waals surface area contributed by atoms with Gasteiger partial charge in [0.2, 0.25) is 0 Å². The molecule has 0 amide bonds. The molecule has 2 heterocycles. The van der Waals surface area contributed by atoms with E-state index >= 15 is 0 Å². The number of ketones is 1. The fraction of sp³-hybridized carbons (Fsp3) is 0.381. The van der Waals surface area contributed by atoms with Gasteiger partial charge in [-0.25, -0.2) is 9.78 Å². The van der Waals surface area contributed by atoms with Crippen LogP contribution in [0.2, 0.25) is 0 Å². The Morgan fingerprint density at radius 2 is 1.93 bits per heavy atom. The van der Waals surface area contributed by atoms with E-state index in [1.165, 1.54) is 24.3 Å². The maximum Gasteiger partial charge on any atom is 0.342 e. The van der Waals surface area contributed by atoms with Crippen molar-refractivity contribution in [2.75, 3.05) is 0 Å². The molecule has 0 fully saturated rings. The van der Waals surface area contributed by atoms with Crippen molar-refractivity contribution in [3.05, 3.63) is 41.7 Å². The van der Waals surface area contributed by atoms with Gasteiger partial charge in [-0.2, -0.15) is 0 Å². The standard InChI is InChI=1S/C21H24N2O6/c1-3-23-11-22-19-13-7-5-9-16(25)20(27)15(24)8-4-6-12(2)29-21(28)18(13)17(26)10-14(19)23/h4-5,7-8,10-12,16,20,25-27H,3,6,9H2,1-2H3/b7-5+,8-4-/t12-,16-,20+/m0/s1. The monoisotopic (exact) mass is 400 g/mol. The third kappa shape index (κ3) is 4.23. The van der Waals surface area contributed by atoms with Gasteiger partial charge in [-0.1, -0.05) is 18.2 Å². The second kappa shape index (κ2) is 8.59. The average molecular weight is 400 g/mol. The van der Waals surface area contributed by atoms with E-state index in [0.717, 1.165) is 0 Å². The first-order valence-electron chi connectivity index (χ1n) is 9.48. The Balaban J connectivity index is 2.13. The van der Waals surface area contributed by atoms with Crippen LogP contribution in [-0.4, -0.2) is 54.9 Å². The Bertz CT molecular complexity index is 991. The van der Waals surface area contributed by atoms with Gasteiger partial charge in [-0.05, 0) is 26.3 Å². The number of hydrogen-bond donors (Lipinski definition) is 3. The van der Waals surface area contributed by atoms with Gasteiger partial charge in [0, 0.05) is 24.6 Å². The molecule has 1 aromatic heterocycles. The van der Waals surface area contributed by atoms with Crippen LogP contribution in [0.3, 0.4) is 0 Å². The molecule has 3 N–H and O–H groups in total. The van der Waals surface area contributed by atoms with Crippen LogP contribution in [0.25, 0.3) is 17.1 Å². The van der Waals surface area contributed by atoms with Crippen LogP contribution >= 0.6 is 0 Å². The number of benzene rings is 1. The quantitative estimate of drug-likeness (QED) is 0.626. The molecule has 3 atom stereocenters. The number of carbonyl (C=O) groups excluding carboxylic acids is 2. The summed E-state index contributed by atoms with van der Waals surface area (Å²) < 4.78 is 7.25. The van der Waals surface area contributed by atoms with Crippen molar-refractivity contribution in [1.82, 2.24) is 9.55 Å². The molecule has 0 saturated carbocycles. The summed E-state index contributed by atoms with van der Waals surface area (Å²) in [5.74, 6) is -1.56. The summed E-state index contributed by atoms with van der Waals surface area (Å²) in [5.41, 5.74) is 1.48. The molecule has 0 bridgehead atoms. The van der Waals surface area contributed by atoms with Crippen molar-refractivity contribution in [3.63, 3.8) is 0 Å². The van der Waals surface area contributed by atoms with Crippen LogP contribution in [0.1, 0.15) is 42.6 Å². The first kappa shape index (κ1) is 20.8. The molecule has 3 rings (SSSR count). The summed E-state index contributed by atoms with van der Waals surface area (Å²) in [5, 5.41) is 30.6. The van der Waals surface area contributed by atoms with Gasteiger partial charge < -0.3 is 24.6 Å². The fourth-order valence-electron chi connectivity index (χ4n) is 3.25. The Morgan fingerprint density at radius 3 is 2.66 bits per heavy atom.